The van der Waals surface area contributed by atoms with E-state index < -0.39 is 0 Å². The van der Waals surface area contributed by atoms with Crippen LogP contribution in [0.2, 0.25) is 0 Å². The van der Waals surface area contributed by atoms with Gasteiger partial charge in [0.05, 0.1) is 0 Å². The largest absolute Gasteiger partial charge is 0.382 e. The summed E-state index contributed by atoms with van der Waals surface area (Å²) in [5.41, 5.74) is 0. The summed E-state index contributed by atoms with van der Waals surface area (Å²) in [6, 6.07) is 0. The standard InChI is InChI=1S/C14H24O2/c1-2-16-7-3-4-14(15)10-13-9-11-5-6-12(13)8-11/h11-13H,2-10H2,1H3. The third-order valence-corrected chi connectivity index (χ3v) is 4.32. The van der Waals surface area contributed by atoms with Gasteiger partial charge in [0.15, 0.2) is 0 Å². The Morgan fingerprint density at radius 3 is 2.81 bits per heavy atom. The lowest BCUT2D eigenvalue weighted by atomic mass is 9.84. The van der Waals surface area contributed by atoms with E-state index in [2.05, 4.69) is 0 Å². The normalized spacial score (nSPS) is 32.2. The maximum Gasteiger partial charge on any atom is 0.133 e. The Morgan fingerprint density at radius 1 is 1.31 bits per heavy atom. The number of ether oxygens (including phenoxy) is 1. The van der Waals surface area contributed by atoms with Crippen LogP contribution in [0.25, 0.3) is 0 Å². The summed E-state index contributed by atoms with van der Waals surface area (Å²) in [6.45, 7) is 3.51. The third-order valence-electron chi connectivity index (χ3n) is 4.32. The van der Waals surface area contributed by atoms with Crippen molar-refractivity contribution in [3.05, 3.63) is 0 Å². The molecule has 0 aromatic rings. The molecule has 2 heteroatoms. The van der Waals surface area contributed by atoms with Crippen LogP contribution in [0, 0.1) is 17.8 Å². The summed E-state index contributed by atoms with van der Waals surface area (Å²) in [6.07, 6.45) is 8.06. The monoisotopic (exact) mass is 224 g/mol. The second-order valence-electron chi connectivity index (χ2n) is 5.48. The lowest BCUT2D eigenvalue weighted by molar-refractivity contribution is -0.120. The Bertz CT molecular complexity index is 237. The van der Waals surface area contributed by atoms with Crippen LogP contribution in [0.4, 0.5) is 0 Å². The molecule has 2 saturated carbocycles. The molecule has 0 aromatic heterocycles. The average Bonchev–Trinajstić information content (AvgIpc) is 2.86. The second-order valence-corrected chi connectivity index (χ2v) is 5.48. The molecule has 0 spiro atoms. The van der Waals surface area contributed by atoms with Crippen LogP contribution in [-0.2, 0) is 9.53 Å². The van der Waals surface area contributed by atoms with Gasteiger partial charge in [0, 0.05) is 26.1 Å². The highest BCUT2D eigenvalue weighted by Crippen LogP contribution is 2.49. The maximum absolute atomic E-state index is 11.8. The van der Waals surface area contributed by atoms with Crippen molar-refractivity contribution in [3.8, 4) is 0 Å². The van der Waals surface area contributed by atoms with Crippen LogP contribution in [-0.4, -0.2) is 19.0 Å². The first kappa shape index (κ1) is 12.1. The number of fused-ring (bicyclic) bond motifs is 2. The highest BCUT2D eigenvalue weighted by molar-refractivity contribution is 5.78. The fourth-order valence-corrected chi connectivity index (χ4v) is 3.54. The van der Waals surface area contributed by atoms with Gasteiger partial charge in [-0.15, -0.1) is 0 Å². The van der Waals surface area contributed by atoms with Crippen molar-refractivity contribution >= 4 is 5.78 Å². The van der Waals surface area contributed by atoms with Crippen LogP contribution in [0.1, 0.15) is 51.9 Å². The van der Waals surface area contributed by atoms with E-state index in [1.165, 1.54) is 25.7 Å². The van der Waals surface area contributed by atoms with E-state index in [0.29, 0.717) is 5.78 Å². The molecule has 0 heterocycles. The third kappa shape index (κ3) is 3.07. The zero-order valence-corrected chi connectivity index (χ0v) is 10.4. The molecule has 92 valence electrons. The minimum Gasteiger partial charge on any atom is -0.382 e. The number of Topliss-reactive ketones (excluding diaryl/α,β-unsaturated/α-hetero) is 1. The molecule has 2 bridgehead atoms. The van der Waals surface area contributed by atoms with Gasteiger partial charge in [-0.2, -0.15) is 0 Å². The highest BCUT2D eigenvalue weighted by Gasteiger charge is 2.39. The molecule has 0 aliphatic heterocycles. The lowest BCUT2D eigenvalue weighted by Gasteiger charge is -2.20. The topological polar surface area (TPSA) is 26.3 Å². The fraction of sp³-hybridized carbons (Fsp3) is 0.929. The summed E-state index contributed by atoms with van der Waals surface area (Å²) < 4.78 is 5.25. The van der Waals surface area contributed by atoms with E-state index in [4.69, 9.17) is 4.74 Å². The molecule has 3 atom stereocenters. The van der Waals surface area contributed by atoms with Gasteiger partial charge in [0.2, 0.25) is 0 Å². The molecule has 2 aliphatic rings. The quantitative estimate of drug-likeness (QED) is 0.621. The lowest BCUT2D eigenvalue weighted by Crippen LogP contribution is -2.15. The summed E-state index contributed by atoms with van der Waals surface area (Å²) >= 11 is 0. The summed E-state index contributed by atoms with van der Waals surface area (Å²) in [5, 5.41) is 0. The van der Waals surface area contributed by atoms with Crippen molar-refractivity contribution in [2.75, 3.05) is 13.2 Å². The Labute approximate surface area is 98.7 Å². The SMILES string of the molecule is CCOCCCC(=O)CC1CC2CCC1C2. The molecule has 16 heavy (non-hydrogen) atoms. The number of ketones is 1. The van der Waals surface area contributed by atoms with E-state index in [9.17, 15) is 4.79 Å². The minimum atomic E-state index is 0.470. The molecule has 2 aliphatic carbocycles. The van der Waals surface area contributed by atoms with Gasteiger partial charge in [-0.05, 0) is 50.4 Å². The molecule has 2 nitrogen and oxygen atoms in total. The predicted molar refractivity (Wildman–Crippen MR) is 64.3 cm³/mol. The number of carbonyl (C=O) groups excluding carboxylic acids is 1. The van der Waals surface area contributed by atoms with Gasteiger partial charge in [-0.1, -0.05) is 6.42 Å². The summed E-state index contributed by atoms with van der Waals surface area (Å²) in [4.78, 5) is 11.8. The molecular formula is C14H24O2. The fourth-order valence-electron chi connectivity index (χ4n) is 3.54. The first-order chi connectivity index (χ1) is 7.79. The molecule has 3 unspecified atom stereocenters. The first-order valence-electron chi connectivity index (χ1n) is 6.89. The van der Waals surface area contributed by atoms with Crippen LogP contribution in [0.3, 0.4) is 0 Å². The minimum absolute atomic E-state index is 0.470. The van der Waals surface area contributed by atoms with E-state index in [1.54, 1.807) is 0 Å². The van der Waals surface area contributed by atoms with Crippen LogP contribution >= 0.6 is 0 Å². The van der Waals surface area contributed by atoms with Crippen LogP contribution < -0.4 is 0 Å². The molecule has 0 amide bonds. The summed E-state index contributed by atoms with van der Waals surface area (Å²) in [7, 11) is 0. The van der Waals surface area contributed by atoms with E-state index in [-0.39, 0.29) is 0 Å². The van der Waals surface area contributed by atoms with Crippen molar-refractivity contribution in [1.29, 1.82) is 0 Å². The van der Waals surface area contributed by atoms with Crippen molar-refractivity contribution < 1.29 is 9.53 Å². The molecule has 0 N–H and O–H groups in total. The molecule has 0 saturated heterocycles. The molecule has 2 fully saturated rings. The molecule has 0 radical (unpaired) electrons. The van der Waals surface area contributed by atoms with Crippen molar-refractivity contribution in [3.63, 3.8) is 0 Å². The number of hydrogen-bond acceptors (Lipinski definition) is 2. The van der Waals surface area contributed by atoms with Gasteiger partial charge in [-0.25, -0.2) is 0 Å². The van der Waals surface area contributed by atoms with E-state index >= 15 is 0 Å². The number of rotatable bonds is 7. The van der Waals surface area contributed by atoms with E-state index in [0.717, 1.165) is 50.2 Å². The molecule has 0 aromatic carbocycles. The van der Waals surface area contributed by atoms with Gasteiger partial charge < -0.3 is 4.74 Å². The van der Waals surface area contributed by atoms with Crippen molar-refractivity contribution in [2.45, 2.75) is 51.9 Å². The van der Waals surface area contributed by atoms with E-state index in [1.807, 2.05) is 6.92 Å². The smallest absolute Gasteiger partial charge is 0.133 e. The Morgan fingerprint density at radius 2 is 2.19 bits per heavy atom. The zero-order valence-electron chi connectivity index (χ0n) is 10.4. The number of carbonyl (C=O) groups is 1. The van der Waals surface area contributed by atoms with Crippen LogP contribution in [0.5, 0.6) is 0 Å². The molecule has 2 rings (SSSR count). The maximum atomic E-state index is 11.8. The summed E-state index contributed by atoms with van der Waals surface area (Å²) in [5.74, 6) is 3.06. The van der Waals surface area contributed by atoms with Crippen molar-refractivity contribution in [1.82, 2.24) is 0 Å². The average molecular weight is 224 g/mol. The Balaban J connectivity index is 1.60. The van der Waals surface area contributed by atoms with Gasteiger partial charge in [0.1, 0.15) is 5.78 Å². The van der Waals surface area contributed by atoms with Gasteiger partial charge in [0.25, 0.3) is 0 Å². The predicted octanol–water partition coefficient (Wildman–Crippen LogP) is 3.20. The van der Waals surface area contributed by atoms with Crippen LogP contribution in [0.15, 0.2) is 0 Å². The first-order valence-corrected chi connectivity index (χ1v) is 6.89. The Kier molecular flexibility index (Phi) is 4.39. The molecular weight excluding hydrogens is 200 g/mol. The van der Waals surface area contributed by atoms with Gasteiger partial charge >= 0.3 is 0 Å². The van der Waals surface area contributed by atoms with Gasteiger partial charge in [-0.3, -0.25) is 4.79 Å². The number of hydrogen-bond donors (Lipinski definition) is 0. The highest BCUT2D eigenvalue weighted by atomic mass is 16.5. The Hall–Kier alpha value is -0.370. The second kappa shape index (κ2) is 5.81. The zero-order chi connectivity index (χ0) is 11.4. The van der Waals surface area contributed by atoms with Crippen molar-refractivity contribution in [2.24, 2.45) is 17.8 Å².